The predicted molar refractivity (Wildman–Crippen MR) is 88.1 cm³/mol. The molecule has 3 rings (SSSR count). The van der Waals surface area contributed by atoms with Gasteiger partial charge in [-0.25, -0.2) is 4.79 Å². The molecule has 0 bridgehead atoms. The van der Waals surface area contributed by atoms with Crippen LogP contribution in [0.4, 0.5) is 0 Å². The predicted octanol–water partition coefficient (Wildman–Crippen LogP) is 0.863. The molecule has 0 spiro atoms. The van der Waals surface area contributed by atoms with Gasteiger partial charge in [0.2, 0.25) is 5.91 Å². The average molecular weight is 337 g/mol. The van der Waals surface area contributed by atoms with E-state index in [4.69, 9.17) is 4.74 Å². The number of nitrogens with zero attached hydrogens (tertiary/aromatic N) is 2. The highest BCUT2D eigenvalue weighted by atomic mass is 32.1. The van der Waals surface area contributed by atoms with Crippen LogP contribution in [-0.4, -0.2) is 40.6 Å². The topological polar surface area (TPSA) is 84.4 Å². The Balaban J connectivity index is 2.10. The molecule has 124 valence electrons. The lowest BCUT2D eigenvalue weighted by molar-refractivity contribution is -0.136. The van der Waals surface area contributed by atoms with Gasteiger partial charge >= 0.3 is 5.69 Å². The summed E-state index contributed by atoms with van der Waals surface area (Å²) in [7, 11) is 1.49. The van der Waals surface area contributed by atoms with Crippen LogP contribution in [0, 0.1) is 0 Å². The Labute approximate surface area is 136 Å². The molecule has 0 atom stereocenters. The van der Waals surface area contributed by atoms with Crippen molar-refractivity contribution in [3.8, 4) is 0 Å². The van der Waals surface area contributed by atoms with Gasteiger partial charge in [0.1, 0.15) is 11.4 Å². The molecule has 1 aliphatic rings. The molecule has 1 N–H and O–H groups in total. The number of amides is 1. The van der Waals surface area contributed by atoms with Crippen LogP contribution in [0.15, 0.2) is 9.59 Å². The van der Waals surface area contributed by atoms with Gasteiger partial charge in [-0.3, -0.25) is 19.1 Å². The van der Waals surface area contributed by atoms with E-state index in [9.17, 15) is 14.4 Å². The smallest absolute Gasteiger partial charge is 0.329 e. The van der Waals surface area contributed by atoms with Gasteiger partial charge in [0, 0.05) is 24.6 Å². The third kappa shape index (κ3) is 2.61. The monoisotopic (exact) mass is 337 g/mol. The number of nitrogens with one attached hydrogen (secondary N) is 1. The maximum atomic E-state index is 12.7. The average Bonchev–Trinajstić information content (AvgIpc) is 2.83. The van der Waals surface area contributed by atoms with Gasteiger partial charge in [-0.15, -0.1) is 11.3 Å². The quantitative estimate of drug-likeness (QED) is 0.900. The SMILES string of the molecule is COCC(=O)N1CCc2c(sc3[nH]c(=O)n(C(C)C)c(=O)c23)C1. The number of hydrogen-bond acceptors (Lipinski definition) is 5. The van der Waals surface area contributed by atoms with Gasteiger partial charge < -0.3 is 9.64 Å². The summed E-state index contributed by atoms with van der Waals surface area (Å²) < 4.78 is 6.14. The molecule has 0 aliphatic carbocycles. The van der Waals surface area contributed by atoms with E-state index in [0.29, 0.717) is 29.7 Å². The number of H-pyrrole nitrogens is 1. The first kappa shape index (κ1) is 15.9. The Morgan fingerprint density at radius 1 is 1.39 bits per heavy atom. The lowest BCUT2D eigenvalue weighted by Crippen LogP contribution is -2.38. The van der Waals surface area contributed by atoms with Crippen molar-refractivity contribution < 1.29 is 9.53 Å². The Bertz CT molecular complexity index is 877. The van der Waals surface area contributed by atoms with Crippen LogP contribution in [0.3, 0.4) is 0 Å². The number of rotatable bonds is 3. The van der Waals surface area contributed by atoms with Crippen LogP contribution in [0.1, 0.15) is 30.3 Å². The zero-order chi connectivity index (χ0) is 16.7. The second-order valence-electron chi connectivity index (χ2n) is 5.91. The molecule has 3 heterocycles. The molecule has 0 saturated carbocycles. The number of hydrogen-bond donors (Lipinski definition) is 1. The fourth-order valence-electron chi connectivity index (χ4n) is 2.98. The molecule has 8 heteroatoms. The van der Waals surface area contributed by atoms with Gasteiger partial charge in [-0.1, -0.05) is 0 Å². The highest BCUT2D eigenvalue weighted by Crippen LogP contribution is 2.32. The van der Waals surface area contributed by atoms with Crippen molar-refractivity contribution in [2.24, 2.45) is 0 Å². The van der Waals surface area contributed by atoms with Crippen molar-refractivity contribution in [2.45, 2.75) is 32.9 Å². The summed E-state index contributed by atoms with van der Waals surface area (Å²) in [6.45, 7) is 4.69. The van der Waals surface area contributed by atoms with Crippen LogP contribution in [-0.2, 0) is 22.5 Å². The number of aromatic nitrogens is 2. The van der Waals surface area contributed by atoms with Gasteiger partial charge in [-0.2, -0.15) is 0 Å². The highest BCUT2D eigenvalue weighted by molar-refractivity contribution is 7.18. The zero-order valence-electron chi connectivity index (χ0n) is 13.3. The molecular formula is C15H19N3O4S. The van der Waals surface area contributed by atoms with Crippen LogP contribution >= 0.6 is 11.3 Å². The minimum absolute atomic E-state index is 0.0528. The van der Waals surface area contributed by atoms with Gasteiger partial charge in [0.25, 0.3) is 5.56 Å². The largest absolute Gasteiger partial charge is 0.375 e. The van der Waals surface area contributed by atoms with Crippen molar-refractivity contribution in [1.29, 1.82) is 0 Å². The summed E-state index contributed by atoms with van der Waals surface area (Å²) >= 11 is 1.38. The summed E-state index contributed by atoms with van der Waals surface area (Å²) in [5.74, 6) is -0.0660. The minimum Gasteiger partial charge on any atom is -0.375 e. The molecular weight excluding hydrogens is 318 g/mol. The molecule has 0 unspecified atom stereocenters. The molecule has 1 amide bonds. The molecule has 1 aliphatic heterocycles. The molecule has 23 heavy (non-hydrogen) atoms. The van der Waals surface area contributed by atoms with E-state index in [1.807, 2.05) is 13.8 Å². The third-order valence-electron chi connectivity index (χ3n) is 4.07. The first-order valence-corrected chi connectivity index (χ1v) is 8.31. The summed E-state index contributed by atoms with van der Waals surface area (Å²) in [4.78, 5) is 42.8. The van der Waals surface area contributed by atoms with E-state index >= 15 is 0 Å². The fraction of sp³-hybridized carbons (Fsp3) is 0.533. The Morgan fingerprint density at radius 3 is 2.78 bits per heavy atom. The first-order valence-electron chi connectivity index (χ1n) is 7.49. The molecule has 0 fully saturated rings. The highest BCUT2D eigenvalue weighted by Gasteiger charge is 2.26. The summed E-state index contributed by atoms with van der Waals surface area (Å²) in [6, 6.07) is -0.199. The Kier molecular flexibility index (Phi) is 4.11. The number of fused-ring (bicyclic) bond motifs is 3. The van der Waals surface area contributed by atoms with E-state index in [2.05, 4.69) is 4.98 Å². The van der Waals surface area contributed by atoms with Gasteiger partial charge in [-0.05, 0) is 25.8 Å². The standard InChI is InChI=1S/C15H19N3O4S/c1-8(2)18-14(20)12-9-4-5-17(11(19)7-22-3)6-10(9)23-13(12)16-15(18)21/h8H,4-7H2,1-3H3,(H,16,21). The summed E-state index contributed by atoms with van der Waals surface area (Å²) in [6.07, 6.45) is 0.615. The van der Waals surface area contributed by atoms with Crippen LogP contribution in [0.2, 0.25) is 0 Å². The fourth-order valence-corrected chi connectivity index (χ4v) is 4.23. The van der Waals surface area contributed by atoms with E-state index in [1.54, 1.807) is 4.90 Å². The normalized spacial score (nSPS) is 14.5. The molecule has 0 radical (unpaired) electrons. The second-order valence-corrected chi connectivity index (χ2v) is 7.01. The Morgan fingerprint density at radius 2 is 2.13 bits per heavy atom. The summed E-state index contributed by atoms with van der Waals surface area (Å²) in [5.41, 5.74) is 0.332. The maximum absolute atomic E-state index is 12.7. The number of carbonyl (C=O) groups excluding carboxylic acids is 1. The zero-order valence-corrected chi connectivity index (χ0v) is 14.2. The lowest BCUT2D eigenvalue weighted by Gasteiger charge is -2.26. The van der Waals surface area contributed by atoms with Crippen molar-refractivity contribution in [3.05, 3.63) is 31.3 Å². The maximum Gasteiger partial charge on any atom is 0.329 e. The molecule has 2 aromatic rings. The van der Waals surface area contributed by atoms with Crippen LogP contribution in [0.5, 0.6) is 0 Å². The molecule has 2 aromatic heterocycles. The number of aromatic amines is 1. The van der Waals surface area contributed by atoms with Crippen molar-refractivity contribution in [1.82, 2.24) is 14.5 Å². The van der Waals surface area contributed by atoms with Gasteiger partial charge in [0.15, 0.2) is 0 Å². The Hall–Kier alpha value is -1.93. The lowest BCUT2D eigenvalue weighted by atomic mass is 10.1. The van der Waals surface area contributed by atoms with Crippen molar-refractivity contribution in [2.75, 3.05) is 20.3 Å². The molecule has 0 saturated heterocycles. The van der Waals surface area contributed by atoms with Crippen molar-refractivity contribution in [3.63, 3.8) is 0 Å². The van der Waals surface area contributed by atoms with E-state index in [-0.39, 0.29) is 29.8 Å². The van der Waals surface area contributed by atoms with Crippen LogP contribution in [0.25, 0.3) is 10.2 Å². The van der Waals surface area contributed by atoms with E-state index in [0.717, 1.165) is 10.4 Å². The van der Waals surface area contributed by atoms with Crippen LogP contribution < -0.4 is 11.2 Å². The van der Waals surface area contributed by atoms with E-state index in [1.165, 1.54) is 23.0 Å². The van der Waals surface area contributed by atoms with Crippen molar-refractivity contribution >= 4 is 27.5 Å². The first-order chi connectivity index (χ1) is 10.9. The molecule has 0 aromatic carbocycles. The third-order valence-corrected chi connectivity index (χ3v) is 5.20. The number of carbonyl (C=O) groups is 1. The number of ether oxygens (including phenoxy) is 1. The molecule has 7 nitrogen and oxygen atoms in total. The second kappa shape index (κ2) is 5.93. The summed E-state index contributed by atoms with van der Waals surface area (Å²) in [5, 5.41) is 0.595. The minimum atomic E-state index is -0.386. The van der Waals surface area contributed by atoms with Gasteiger partial charge in [0.05, 0.1) is 11.9 Å². The number of methoxy groups -OCH3 is 1. The van der Waals surface area contributed by atoms with E-state index < -0.39 is 0 Å². The number of thiophene rings is 1.